The highest BCUT2D eigenvalue weighted by Crippen LogP contribution is 2.44. The van der Waals surface area contributed by atoms with Crippen molar-refractivity contribution in [3.63, 3.8) is 0 Å². The van der Waals surface area contributed by atoms with Crippen LogP contribution in [0.5, 0.6) is 5.75 Å². The highest BCUT2D eigenvalue weighted by Gasteiger charge is 2.34. The van der Waals surface area contributed by atoms with Crippen molar-refractivity contribution in [2.24, 2.45) is 0 Å². The number of ether oxygens (including phenoxy) is 1. The second-order valence-corrected chi connectivity index (χ2v) is 8.22. The van der Waals surface area contributed by atoms with Crippen molar-refractivity contribution in [1.29, 1.82) is 0 Å². The summed E-state index contributed by atoms with van der Waals surface area (Å²) in [5.74, 6) is -1.97. The zero-order chi connectivity index (χ0) is 22.3. The Morgan fingerprint density at radius 1 is 1.16 bits per heavy atom. The van der Waals surface area contributed by atoms with Crippen LogP contribution >= 0.6 is 0 Å². The fraction of sp³-hybridized carbons (Fsp3) is 0.250. The molecule has 1 aliphatic heterocycles. The first kappa shape index (κ1) is 20.9. The number of hydrogen-bond donors (Lipinski definition) is 2. The lowest BCUT2D eigenvalue weighted by atomic mass is 9.88. The van der Waals surface area contributed by atoms with E-state index in [0.717, 1.165) is 34.4 Å². The quantitative estimate of drug-likeness (QED) is 0.608. The smallest absolute Gasteiger partial charge is 0.262 e. The Labute approximate surface area is 178 Å². The number of aliphatic hydroxyl groups excluding tert-OH is 1. The number of carbonyl (C=O) groups is 1. The minimum atomic E-state index is -0.941. The lowest BCUT2D eigenvalue weighted by molar-refractivity contribution is 0.0110. The van der Waals surface area contributed by atoms with E-state index in [2.05, 4.69) is 10.3 Å². The molecule has 2 N–H and O–H groups in total. The molecular weight excluding hydrogens is 402 g/mol. The van der Waals surface area contributed by atoms with Gasteiger partial charge in [0.15, 0.2) is 0 Å². The fourth-order valence-electron chi connectivity index (χ4n) is 3.84. The fourth-order valence-corrected chi connectivity index (χ4v) is 3.84. The van der Waals surface area contributed by atoms with Gasteiger partial charge in [0.05, 0.1) is 6.10 Å². The molecule has 2 heterocycles. The summed E-state index contributed by atoms with van der Waals surface area (Å²) < 4.78 is 33.7. The first-order chi connectivity index (χ1) is 14.7. The number of aliphatic hydroxyl groups is 1. The number of benzene rings is 2. The Morgan fingerprint density at radius 3 is 2.52 bits per heavy atom. The van der Waals surface area contributed by atoms with Gasteiger partial charge in [-0.25, -0.2) is 13.8 Å². The Balaban J connectivity index is 1.60. The van der Waals surface area contributed by atoms with Crippen LogP contribution in [0.1, 0.15) is 47.9 Å². The summed E-state index contributed by atoms with van der Waals surface area (Å²) in [7, 11) is 0. The number of anilines is 1. The van der Waals surface area contributed by atoms with Crippen molar-refractivity contribution in [2.45, 2.75) is 38.9 Å². The van der Waals surface area contributed by atoms with E-state index in [1.54, 1.807) is 18.3 Å². The number of amides is 1. The van der Waals surface area contributed by atoms with Crippen molar-refractivity contribution < 1.29 is 23.4 Å². The maximum Gasteiger partial charge on any atom is 0.262 e. The van der Waals surface area contributed by atoms with Gasteiger partial charge in [0, 0.05) is 23.7 Å². The van der Waals surface area contributed by atoms with Crippen LogP contribution in [0.15, 0.2) is 48.7 Å². The van der Waals surface area contributed by atoms with Crippen LogP contribution in [0, 0.1) is 18.6 Å². The van der Waals surface area contributed by atoms with Gasteiger partial charge in [0.25, 0.3) is 5.91 Å². The van der Waals surface area contributed by atoms with E-state index in [1.807, 2.05) is 32.9 Å². The Bertz CT molecular complexity index is 1140. The Kier molecular flexibility index (Phi) is 5.23. The van der Waals surface area contributed by atoms with Crippen LogP contribution in [0.3, 0.4) is 0 Å². The average molecular weight is 424 g/mol. The molecule has 4 rings (SSSR count). The molecule has 2 aromatic carbocycles. The van der Waals surface area contributed by atoms with Crippen LogP contribution in [0.25, 0.3) is 11.1 Å². The normalized spacial score (nSPS) is 16.9. The van der Waals surface area contributed by atoms with Gasteiger partial charge in [-0.3, -0.25) is 4.79 Å². The molecule has 31 heavy (non-hydrogen) atoms. The molecule has 160 valence electrons. The zero-order valence-electron chi connectivity index (χ0n) is 17.4. The topological polar surface area (TPSA) is 71.5 Å². The third-order valence-corrected chi connectivity index (χ3v) is 5.36. The van der Waals surface area contributed by atoms with Crippen LogP contribution in [0.4, 0.5) is 14.6 Å². The predicted octanol–water partition coefficient (Wildman–Crippen LogP) is 5.18. The van der Waals surface area contributed by atoms with Crippen molar-refractivity contribution in [1.82, 2.24) is 4.98 Å². The molecule has 0 fully saturated rings. The Morgan fingerprint density at radius 2 is 1.87 bits per heavy atom. The predicted molar refractivity (Wildman–Crippen MR) is 113 cm³/mol. The summed E-state index contributed by atoms with van der Waals surface area (Å²) in [6.07, 6.45) is 1.48. The molecule has 1 atom stereocenters. The molecule has 1 unspecified atom stereocenters. The van der Waals surface area contributed by atoms with E-state index >= 15 is 0 Å². The summed E-state index contributed by atoms with van der Waals surface area (Å²) in [5.41, 5.74) is 2.13. The number of nitrogens with one attached hydrogen (secondary N) is 1. The second kappa shape index (κ2) is 7.74. The molecule has 3 aromatic rings. The van der Waals surface area contributed by atoms with Crippen LogP contribution in [0.2, 0.25) is 0 Å². The molecule has 0 radical (unpaired) electrons. The molecule has 0 saturated heterocycles. The van der Waals surface area contributed by atoms with Gasteiger partial charge in [-0.05, 0) is 56.2 Å². The molecule has 7 heteroatoms. The molecule has 1 aliphatic rings. The standard InChI is InChI=1S/C24H22F2N2O3/c1-13-15(8-9-16-19(29)11-24(2,3)31-22(13)16)14-7-10-20(27-12-14)28-23(30)21-17(25)5-4-6-18(21)26/h4-10,12,19,29H,11H2,1-3H3,(H,27,28,30). The molecule has 1 aromatic heterocycles. The molecule has 0 saturated carbocycles. The highest BCUT2D eigenvalue weighted by molar-refractivity contribution is 6.04. The Hall–Kier alpha value is -3.32. The third-order valence-electron chi connectivity index (χ3n) is 5.36. The monoisotopic (exact) mass is 424 g/mol. The third kappa shape index (κ3) is 4.01. The zero-order valence-corrected chi connectivity index (χ0v) is 17.4. The number of carbonyl (C=O) groups excluding carboxylic acids is 1. The van der Waals surface area contributed by atoms with Gasteiger partial charge in [0.1, 0.15) is 34.4 Å². The number of nitrogens with zero attached hydrogens (tertiary/aromatic N) is 1. The maximum atomic E-state index is 13.8. The van der Waals surface area contributed by atoms with E-state index < -0.39 is 34.8 Å². The van der Waals surface area contributed by atoms with E-state index in [4.69, 9.17) is 4.74 Å². The second-order valence-electron chi connectivity index (χ2n) is 8.22. The summed E-state index contributed by atoms with van der Waals surface area (Å²) in [5, 5.41) is 12.9. The van der Waals surface area contributed by atoms with Gasteiger partial charge in [-0.15, -0.1) is 0 Å². The van der Waals surface area contributed by atoms with Crippen molar-refractivity contribution in [3.05, 3.63) is 77.0 Å². The lowest BCUT2D eigenvalue weighted by Gasteiger charge is -2.36. The van der Waals surface area contributed by atoms with Crippen molar-refractivity contribution in [2.75, 3.05) is 5.32 Å². The van der Waals surface area contributed by atoms with Gasteiger partial charge in [0.2, 0.25) is 0 Å². The SMILES string of the molecule is Cc1c(-c2ccc(NC(=O)c3c(F)cccc3F)nc2)ccc2c1OC(C)(C)CC2O. The number of aromatic nitrogens is 1. The first-order valence-corrected chi connectivity index (χ1v) is 9.88. The van der Waals surface area contributed by atoms with E-state index in [1.165, 1.54) is 6.07 Å². The van der Waals surface area contributed by atoms with Gasteiger partial charge in [-0.1, -0.05) is 18.2 Å². The number of hydrogen-bond acceptors (Lipinski definition) is 4. The van der Waals surface area contributed by atoms with E-state index in [9.17, 15) is 18.7 Å². The first-order valence-electron chi connectivity index (χ1n) is 9.88. The molecule has 0 spiro atoms. The van der Waals surface area contributed by atoms with Gasteiger partial charge in [-0.2, -0.15) is 0 Å². The average Bonchev–Trinajstić information content (AvgIpc) is 2.69. The number of pyridine rings is 1. The van der Waals surface area contributed by atoms with E-state index in [0.29, 0.717) is 12.2 Å². The summed E-state index contributed by atoms with van der Waals surface area (Å²) >= 11 is 0. The van der Waals surface area contributed by atoms with Gasteiger partial charge < -0.3 is 15.2 Å². The number of rotatable bonds is 3. The summed E-state index contributed by atoms with van der Waals surface area (Å²) in [6.45, 7) is 5.78. The maximum absolute atomic E-state index is 13.8. The summed E-state index contributed by atoms with van der Waals surface area (Å²) in [6, 6.07) is 10.3. The summed E-state index contributed by atoms with van der Waals surface area (Å²) in [4.78, 5) is 16.5. The molecular formula is C24H22F2N2O3. The van der Waals surface area contributed by atoms with E-state index in [-0.39, 0.29) is 5.82 Å². The van der Waals surface area contributed by atoms with Crippen LogP contribution in [-0.2, 0) is 0 Å². The minimum absolute atomic E-state index is 0.167. The number of fused-ring (bicyclic) bond motifs is 1. The molecule has 0 bridgehead atoms. The molecule has 1 amide bonds. The van der Waals surface area contributed by atoms with Crippen LogP contribution < -0.4 is 10.1 Å². The van der Waals surface area contributed by atoms with Gasteiger partial charge >= 0.3 is 0 Å². The van der Waals surface area contributed by atoms with Crippen LogP contribution in [-0.4, -0.2) is 21.6 Å². The molecule has 5 nitrogen and oxygen atoms in total. The highest BCUT2D eigenvalue weighted by atomic mass is 19.1. The largest absolute Gasteiger partial charge is 0.487 e. The lowest BCUT2D eigenvalue weighted by Crippen LogP contribution is -2.35. The molecule has 0 aliphatic carbocycles. The van der Waals surface area contributed by atoms with Crippen molar-refractivity contribution in [3.8, 4) is 16.9 Å². The minimum Gasteiger partial charge on any atom is -0.487 e. The van der Waals surface area contributed by atoms with Crippen molar-refractivity contribution >= 4 is 11.7 Å². The number of halogens is 2.